The van der Waals surface area contributed by atoms with Crippen LogP contribution in [0.25, 0.3) is 0 Å². The lowest BCUT2D eigenvalue weighted by Gasteiger charge is -2.27. The van der Waals surface area contributed by atoms with Crippen molar-refractivity contribution in [1.82, 2.24) is 0 Å². The number of hydrogen-bond donors (Lipinski definition) is 1. The van der Waals surface area contributed by atoms with Crippen molar-refractivity contribution in [2.75, 3.05) is 0 Å². The summed E-state index contributed by atoms with van der Waals surface area (Å²) >= 11 is 0. The summed E-state index contributed by atoms with van der Waals surface area (Å²) < 4.78 is 12.5. The van der Waals surface area contributed by atoms with Crippen molar-refractivity contribution in [3.05, 3.63) is 29.8 Å². The van der Waals surface area contributed by atoms with E-state index in [0.29, 0.717) is 0 Å². The highest BCUT2D eigenvalue weighted by Crippen LogP contribution is 2.27. The molecule has 0 heterocycles. The van der Waals surface area contributed by atoms with Crippen molar-refractivity contribution >= 4 is 10.8 Å². The molecule has 3 heteroatoms. The maximum absolute atomic E-state index is 12.5. The minimum absolute atomic E-state index is 0.0576. The summed E-state index contributed by atoms with van der Waals surface area (Å²) in [5.41, 5.74) is 1.21. The van der Waals surface area contributed by atoms with E-state index < -0.39 is 16.9 Å². The molecule has 0 saturated heterocycles. The van der Waals surface area contributed by atoms with Crippen LogP contribution >= 0.6 is 0 Å². The van der Waals surface area contributed by atoms with Crippen molar-refractivity contribution in [3.8, 4) is 0 Å². The molecule has 1 unspecified atom stereocenters. The molecule has 18 heavy (non-hydrogen) atoms. The highest BCUT2D eigenvalue weighted by molar-refractivity contribution is 7.85. The second-order valence-electron chi connectivity index (χ2n) is 6.15. The number of aliphatic hydroxyl groups excluding tert-OH is 1. The average molecular weight is 268 g/mol. The number of aliphatic hydroxyl groups is 1. The fourth-order valence-electron chi connectivity index (χ4n) is 1.88. The van der Waals surface area contributed by atoms with Crippen LogP contribution < -0.4 is 0 Å². The molecule has 0 aliphatic carbocycles. The van der Waals surface area contributed by atoms with Gasteiger partial charge in [-0.1, -0.05) is 38.5 Å². The Morgan fingerprint density at radius 3 is 2.11 bits per heavy atom. The van der Waals surface area contributed by atoms with E-state index in [-0.39, 0.29) is 10.7 Å². The Labute approximate surface area is 113 Å². The van der Waals surface area contributed by atoms with Crippen LogP contribution in [-0.4, -0.2) is 20.7 Å². The summed E-state index contributed by atoms with van der Waals surface area (Å²) in [7, 11) is -1.16. The van der Waals surface area contributed by atoms with E-state index >= 15 is 0 Å². The molecule has 0 aliphatic rings. The first-order chi connectivity index (χ1) is 8.20. The molecule has 1 aromatic carbocycles. The third-order valence-corrected chi connectivity index (χ3v) is 4.73. The zero-order valence-corrected chi connectivity index (χ0v) is 12.8. The number of aryl methyl sites for hydroxylation is 1. The minimum atomic E-state index is -1.16. The lowest BCUT2D eigenvalue weighted by molar-refractivity contribution is 0.168. The van der Waals surface area contributed by atoms with Gasteiger partial charge in [0.2, 0.25) is 0 Å². The molecule has 0 saturated carbocycles. The Hall–Kier alpha value is -0.670. The molecule has 0 bridgehead atoms. The standard InChI is InChI=1S/C15H24O2S/c1-11-6-8-13(9-7-11)18(17)14(12(2)16)10-15(3,4)5/h6-9,12,14,16H,10H2,1-5H3/t12-,14-,18?/m0/s1. The molecular formula is C15H24O2S. The van der Waals surface area contributed by atoms with Gasteiger partial charge in [0.25, 0.3) is 0 Å². The largest absolute Gasteiger partial charge is 0.392 e. The SMILES string of the molecule is Cc1ccc(S(=O)[C@@H](CC(C)(C)C)[C@H](C)O)cc1. The van der Waals surface area contributed by atoms with Crippen LogP contribution in [0.3, 0.4) is 0 Å². The topological polar surface area (TPSA) is 37.3 Å². The van der Waals surface area contributed by atoms with Gasteiger partial charge in [-0.2, -0.15) is 0 Å². The van der Waals surface area contributed by atoms with E-state index in [2.05, 4.69) is 20.8 Å². The first-order valence-electron chi connectivity index (χ1n) is 6.36. The smallest absolute Gasteiger partial charge is 0.0659 e. The molecule has 0 radical (unpaired) electrons. The van der Waals surface area contributed by atoms with Crippen LogP contribution in [0.15, 0.2) is 29.2 Å². The van der Waals surface area contributed by atoms with E-state index in [9.17, 15) is 9.32 Å². The Morgan fingerprint density at radius 2 is 1.72 bits per heavy atom. The Morgan fingerprint density at radius 1 is 1.22 bits per heavy atom. The van der Waals surface area contributed by atoms with E-state index in [1.807, 2.05) is 31.2 Å². The molecular weight excluding hydrogens is 244 g/mol. The van der Waals surface area contributed by atoms with Gasteiger partial charge in [-0.15, -0.1) is 0 Å². The van der Waals surface area contributed by atoms with Crippen LogP contribution in [-0.2, 0) is 10.8 Å². The quantitative estimate of drug-likeness (QED) is 0.910. The van der Waals surface area contributed by atoms with Crippen molar-refractivity contribution in [1.29, 1.82) is 0 Å². The summed E-state index contributed by atoms with van der Waals surface area (Å²) in [6, 6.07) is 7.71. The minimum Gasteiger partial charge on any atom is -0.392 e. The summed E-state index contributed by atoms with van der Waals surface area (Å²) in [4.78, 5) is 0.802. The zero-order valence-electron chi connectivity index (χ0n) is 11.9. The molecule has 1 rings (SSSR count). The molecule has 1 aromatic rings. The highest BCUT2D eigenvalue weighted by Gasteiger charge is 2.28. The van der Waals surface area contributed by atoms with Gasteiger partial charge in [-0.05, 0) is 37.8 Å². The third-order valence-electron chi connectivity index (χ3n) is 2.88. The van der Waals surface area contributed by atoms with Crippen LogP contribution in [0.4, 0.5) is 0 Å². The van der Waals surface area contributed by atoms with E-state index in [0.717, 1.165) is 16.9 Å². The lowest BCUT2D eigenvalue weighted by Crippen LogP contribution is -2.32. The number of benzene rings is 1. The summed E-state index contributed by atoms with van der Waals surface area (Å²) in [6.45, 7) is 10.1. The second kappa shape index (κ2) is 5.98. The van der Waals surface area contributed by atoms with Crippen LogP contribution in [0.1, 0.15) is 39.7 Å². The molecule has 0 aliphatic heterocycles. The Bertz CT molecular complexity index is 401. The first kappa shape index (κ1) is 15.4. The summed E-state index contributed by atoms with van der Waals surface area (Å²) in [5.74, 6) is 0. The van der Waals surface area contributed by atoms with Gasteiger partial charge in [0.05, 0.1) is 22.2 Å². The molecule has 0 amide bonds. The summed E-state index contributed by atoms with van der Waals surface area (Å²) in [5, 5.41) is 9.65. The molecule has 1 N–H and O–H groups in total. The predicted octanol–water partition coefficient (Wildman–Crippen LogP) is 3.29. The molecule has 102 valence electrons. The Kier molecular flexibility index (Phi) is 5.11. The normalized spacial score (nSPS) is 17.2. The van der Waals surface area contributed by atoms with Crippen molar-refractivity contribution in [2.45, 2.75) is 57.3 Å². The van der Waals surface area contributed by atoms with E-state index in [1.54, 1.807) is 6.92 Å². The Balaban J connectivity index is 2.93. The molecule has 2 nitrogen and oxygen atoms in total. The van der Waals surface area contributed by atoms with Crippen LogP contribution in [0, 0.1) is 12.3 Å². The van der Waals surface area contributed by atoms with Crippen LogP contribution in [0.2, 0.25) is 0 Å². The third kappa shape index (κ3) is 4.54. The second-order valence-corrected chi connectivity index (χ2v) is 7.83. The van der Waals surface area contributed by atoms with Gasteiger partial charge in [-0.3, -0.25) is 4.21 Å². The highest BCUT2D eigenvalue weighted by atomic mass is 32.2. The zero-order chi connectivity index (χ0) is 13.9. The number of hydrogen-bond acceptors (Lipinski definition) is 2. The number of rotatable bonds is 4. The molecule has 3 atom stereocenters. The molecule has 0 fully saturated rings. The molecule has 0 spiro atoms. The van der Waals surface area contributed by atoms with Crippen molar-refractivity contribution in [3.63, 3.8) is 0 Å². The fraction of sp³-hybridized carbons (Fsp3) is 0.600. The van der Waals surface area contributed by atoms with Gasteiger partial charge >= 0.3 is 0 Å². The average Bonchev–Trinajstić information content (AvgIpc) is 2.24. The van der Waals surface area contributed by atoms with Crippen molar-refractivity contribution in [2.24, 2.45) is 5.41 Å². The van der Waals surface area contributed by atoms with Gasteiger partial charge in [0.1, 0.15) is 0 Å². The van der Waals surface area contributed by atoms with Gasteiger partial charge in [-0.25, -0.2) is 0 Å². The fourth-order valence-corrected chi connectivity index (χ4v) is 3.64. The lowest BCUT2D eigenvalue weighted by atomic mass is 9.89. The van der Waals surface area contributed by atoms with Gasteiger partial charge < -0.3 is 5.11 Å². The van der Waals surface area contributed by atoms with Crippen molar-refractivity contribution < 1.29 is 9.32 Å². The predicted molar refractivity (Wildman–Crippen MR) is 77.1 cm³/mol. The van der Waals surface area contributed by atoms with E-state index in [1.165, 1.54) is 0 Å². The van der Waals surface area contributed by atoms with Crippen LogP contribution in [0.5, 0.6) is 0 Å². The van der Waals surface area contributed by atoms with E-state index in [4.69, 9.17) is 0 Å². The maximum atomic E-state index is 12.5. The van der Waals surface area contributed by atoms with Gasteiger partial charge in [0, 0.05) is 4.90 Å². The summed E-state index contributed by atoms with van der Waals surface area (Å²) in [6.07, 6.45) is 0.178. The van der Waals surface area contributed by atoms with Gasteiger partial charge in [0.15, 0.2) is 0 Å². The monoisotopic (exact) mass is 268 g/mol. The first-order valence-corrected chi connectivity index (χ1v) is 7.57. The maximum Gasteiger partial charge on any atom is 0.0659 e. The molecule has 0 aromatic heterocycles.